The highest BCUT2D eigenvalue weighted by Gasteiger charge is 1.97. The predicted octanol–water partition coefficient (Wildman–Crippen LogP) is 8.39. The van der Waals surface area contributed by atoms with Gasteiger partial charge in [-0.05, 0) is 71.8 Å². The van der Waals surface area contributed by atoms with Crippen LogP contribution in [0.1, 0.15) is 50.7 Å². The lowest BCUT2D eigenvalue weighted by atomic mass is 10.1. The second-order valence-corrected chi connectivity index (χ2v) is 7.73. The average molecular weight is 384 g/mol. The Morgan fingerprint density at radius 1 is 0.483 bits per heavy atom. The molecular weight excluding hydrogens is 350 g/mol. The van der Waals surface area contributed by atoms with E-state index < -0.39 is 0 Å². The number of anilines is 2. The molecule has 1 nitrogen and oxygen atoms in total. The molecule has 2 bridgehead atoms. The van der Waals surface area contributed by atoms with Gasteiger partial charge >= 0.3 is 0 Å². The largest absolute Gasteiger partial charge is 0.356 e. The standard InChI is InChI=1S/C20H27N.C8H6/c1-3-5-7-17-9-13-19(14-10-17)21-20-15-11-18(12-16-20)8-6-4-2;1-2-8-5-3-7(1)4-6-8/h9-16,21H,3-8H2,1-2H3;1-6H. The maximum absolute atomic E-state index is 3.47. The number of rotatable bonds is 8. The molecule has 0 aromatic heterocycles. The molecule has 0 saturated heterocycles. The zero-order valence-electron chi connectivity index (χ0n) is 17.8. The predicted molar refractivity (Wildman–Crippen MR) is 129 cm³/mol. The van der Waals surface area contributed by atoms with E-state index in [1.54, 1.807) is 0 Å². The van der Waals surface area contributed by atoms with Crippen LogP contribution in [0.25, 0.3) is 10.8 Å². The van der Waals surface area contributed by atoms with Crippen LogP contribution in [0.5, 0.6) is 0 Å². The maximum atomic E-state index is 3.47. The Morgan fingerprint density at radius 3 is 1.10 bits per heavy atom. The molecule has 0 spiro atoms. The summed E-state index contributed by atoms with van der Waals surface area (Å²) < 4.78 is 0. The van der Waals surface area contributed by atoms with E-state index in [0.29, 0.717) is 0 Å². The van der Waals surface area contributed by atoms with Gasteiger partial charge in [-0.2, -0.15) is 0 Å². The Morgan fingerprint density at radius 2 is 0.828 bits per heavy atom. The minimum Gasteiger partial charge on any atom is -0.356 e. The second kappa shape index (κ2) is 11.3. The fourth-order valence-corrected chi connectivity index (χ4v) is 3.35. The summed E-state index contributed by atoms with van der Waals surface area (Å²) in [6.45, 7) is 4.47. The fourth-order valence-electron chi connectivity index (χ4n) is 3.35. The fraction of sp³-hybridized carbons (Fsp3) is 0.286. The maximum Gasteiger partial charge on any atom is 0.0384 e. The summed E-state index contributed by atoms with van der Waals surface area (Å²) in [5.74, 6) is 0. The summed E-state index contributed by atoms with van der Waals surface area (Å²) >= 11 is 0. The molecule has 0 heterocycles. The Labute approximate surface area is 176 Å². The lowest BCUT2D eigenvalue weighted by Gasteiger charge is -2.08. The second-order valence-electron chi connectivity index (χ2n) is 7.73. The van der Waals surface area contributed by atoms with E-state index in [4.69, 9.17) is 0 Å². The van der Waals surface area contributed by atoms with Gasteiger partial charge in [-0.25, -0.2) is 0 Å². The average Bonchev–Trinajstić information content (AvgIpc) is 2.80. The molecule has 5 aromatic carbocycles. The van der Waals surface area contributed by atoms with Crippen molar-refractivity contribution in [2.75, 3.05) is 5.32 Å². The van der Waals surface area contributed by atoms with Gasteiger partial charge < -0.3 is 5.32 Å². The van der Waals surface area contributed by atoms with Gasteiger partial charge in [0.1, 0.15) is 0 Å². The molecule has 5 aromatic rings. The Bertz CT molecular complexity index is 811. The van der Waals surface area contributed by atoms with Crippen molar-refractivity contribution in [3.05, 3.63) is 96.1 Å². The summed E-state index contributed by atoms with van der Waals surface area (Å²) in [6, 6.07) is 30.3. The third-order valence-electron chi connectivity index (χ3n) is 5.24. The number of benzene rings is 5. The zero-order chi connectivity index (χ0) is 20.3. The van der Waals surface area contributed by atoms with E-state index in [-0.39, 0.29) is 0 Å². The van der Waals surface area contributed by atoms with E-state index in [9.17, 15) is 0 Å². The third kappa shape index (κ3) is 6.94. The summed E-state index contributed by atoms with van der Waals surface area (Å²) in [4.78, 5) is 0. The van der Waals surface area contributed by atoms with Crippen molar-refractivity contribution in [3.8, 4) is 0 Å². The van der Waals surface area contributed by atoms with Gasteiger partial charge in [0.25, 0.3) is 0 Å². The summed E-state index contributed by atoms with van der Waals surface area (Å²) in [5.41, 5.74) is 5.18. The molecule has 0 fully saturated rings. The van der Waals surface area contributed by atoms with Gasteiger partial charge in [-0.3, -0.25) is 0 Å². The quantitative estimate of drug-likeness (QED) is 0.322. The van der Waals surface area contributed by atoms with Gasteiger partial charge in [-0.15, -0.1) is 0 Å². The van der Waals surface area contributed by atoms with E-state index in [0.717, 1.165) is 11.4 Å². The smallest absolute Gasteiger partial charge is 0.0384 e. The molecule has 150 valence electrons. The van der Waals surface area contributed by atoms with Crippen LogP contribution in [0.15, 0.2) is 84.9 Å². The van der Waals surface area contributed by atoms with Crippen LogP contribution in [-0.2, 0) is 12.8 Å². The van der Waals surface area contributed by atoms with Gasteiger partial charge in [0, 0.05) is 11.4 Å². The molecule has 0 saturated carbocycles. The number of aryl methyl sites for hydroxylation is 2. The van der Waals surface area contributed by atoms with Crippen LogP contribution in [0.4, 0.5) is 11.4 Å². The van der Waals surface area contributed by atoms with Gasteiger partial charge in [0.05, 0.1) is 0 Å². The van der Waals surface area contributed by atoms with E-state index in [1.807, 2.05) is 0 Å². The molecule has 0 atom stereocenters. The van der Waals surface area contributed by atoms with Crippen LogP contribution in [0.2, 0.25) is 0 Å². The van der Waals surface area contributed by atoms with Gasteiger partial charge in [0.15, 0.2) is 0 Å². The van der Waals surface area contributed by atoms with Crippen LogP contribution in [0.3, 0.4) is 0 Å². The van der Waals surface area contributed by atoms with Crippen molar-refractivity contribution in [2.24, 2.45) is 0 Å². The third-order valence-corrected chi connectivity index (χ3v) is 5.24. The normalized spacial score (nSPS) is 10.6. The molecule has 0 aliphatic rings. The molecule has 0 radical (unpaired) electrons. The summed E-state index contributed by atoms with van der Waals surface area (Å²) in [6.07, 6.45) is 7.42. The monoisotopic (exact) mass is 383 g/mol. The highest BCUT2D eigenvalue weighted by atomic mass is 14.9. The molecule has 29 heavy (non-hydrogen) atoms. The zero-order valence-corrected chi connectivity index (χ0v) is 17.8. The molecule has 1 N–H and O–H groups in total. The molecular formula is C28H33N. The van der Waals surface area contributed by atoms with Crippen molar-refractivity contribution in [3.63, 3.8) is 0 Å². The first-order valence-corrected chi connectivity index (χ1v) is 11.0. The molecule has 0 amide bonds. The minimum atomic E-state index is 1.16. The molecule has 0 unspecified atom stereocenters. The lowest BCUT2D eigenvalue weighted by Crippen LogP contribution is -1.92. The first-order valence-electron chi connectivity index (χ1n) is 11.0. The number of fused-ring (bicyclic) bond motifs is 3. The van der Waals surface area contributed by atoms with Crippen LogP contribution in [0, 0.1) is 0 Å². The summed E-state index contributed by atoms with van der Waals surface area (Å²) in [7, 11) is 0. The first kappa shape index (κ1) is 20.9. The van der Waals surface area contributed by atoms with Gasteiger partial charge in [-0.1, -0.05) is 87.4 Å². The number of hydrogen-bond acceptors (Lipinski definition) is 1. The van der Waals surface area contributed by atoms with Crippen LogP contribution in [-0.4, -0.2) is 0 Å². The highest BCUT2D eigenvalue weighted by Crippen LogP contribution is 2.19. The van der Waals surface area contributed by atoms with E-state index in [2.05, 4.69) is 104 Å². The minimum absolute atomic E-state index is 1.16. The van der Waals surface area contributed by atoms with Crippen molar-refractivity contribution < 1.29 is 0 Å². The molecule has 1 heteroatoms. The summed E-state index contributed by atoms with van der Waals surface area (Å²) in [5, 5.41) is 6.08. The highest BCUT2D eigenvalue weighted by molar-refractivity contribution is 5.68. The Kier molecular flexibility index (Phi) is 8.12. The first-order chi connectivity index (χ1) is 14.3. The Balaban J connectivity index is 0.000000246. The topological polar surface area (TPSA) is 12.0 Å². The number of unbranched alkanes of at least 4 members (excludes halogenated alkanes) is 2. The van der Waals surface area contributed by atoms with Crippen molar-refractivity contribution in [1.82, 2.24) is 0 Å². The number of nitrogens with one attached hydrogen (secondary N) is 1. The van der Waals surface area contributed by atoms with Crippen molar-refractivity contribution in [2.45, 2.75) is 52.4 Å². The molecule has 5 rings (SSSR count). The van der Waals surface area contributed by atoms with Crippen molar-refractivity contribution >= 4 is 22.1 Å². The molecule has 0 aliphatic heterocycles. The number of hydrogen-bond donors (Lipinski definition) is 1. The Hall–Kier alpha value is -2.80. The molecule has 0 aliphatic carbocycles. The van der Waals surface area contributed by atoms with Gasteiger partial charge in [0.2, 0.25) is 0 Å². The van der Waals surface area contributed by atoms with Crippen LogP contribution >= 0.6 is 0 Å². The SMILES string of the molecule is CCCCc1ccc(Nc2ccc(CCCC)cc2)cc1.c1cc2ccc1cc2. The van der Waals surface area contributed by atoms with E-state index in [1.165, 1.54) is 60.4 Å². The van der Waals surface area contributed by atoms with E-state index >= 15 is 0 Å². The van der Waals surface area contributed by atoms with Crippen molar-refractivity contribution in [1.29, 1.82) is 0 Å². The lowest BCUT2D eigenvalue weighted by molar-refractivity contribution is 0.795. The van der Waals surface area contributed by atoms with Crippen LogP contribution < -0.4 is 5.32 Å².